The third-order valence-electron chi connectivity index (χ3n) is 5.71. The van der Waals surface area contributed by atoms with E-state index in [2.05, 4.69) is 46.5 Å². The molecule has 0 spiro atoms. The normalized spacial score (nSPS) is 15.1. The van der Waals surface area contributed by atoms with Gasteiger partial charge >= 0.3 is 0 Å². The minimum absolute atomic E-state index is 0.261. The minimum Gasteiger partial charge on any atom is -0.318 e. The number of amides is 2. The lowest BCUT2D eigenvalue weighted by atomic mass is 10.1. The molecule has 168 valence electrons. The van der Waals surface area contributed by atoms with Crippen molar-refractivity contribution in [3.8, 4) is 5.69 Å². The molecule has 0 unspecified atom stereocenters. The summed E-state index contributed by atoms with van der Waals surface area (Å²) in [7, 11) is 0. The number of nitrogens with zero attached hydrogens (tertiary/aromatic N) is 2. The number of ketones is 1. The van der Waals surface area contributed by atoms with Crippen molar-refractivity contribution < 1.29 is 14.4 Å². The Hall–Kier alpha value is -2.90. The Morgan fingerprint density at radius 1 is 1.00 bits per heavy atom. The van der Waals surface area contributed by atoms with Crippen LogP contribution in [0.5, 0.6) is 0 Å². The van der Waals surface area contributed by atoms with Gasteiger partial charge < -0.3 is 4.57 Å². The van der Waals surface area contributed by atoms with E-state index < -0.39 is 11.1 Å². The molecule has 2 amide bonds. The Morgan fingerprint density at radius 3 is 2.27 bits per heavy atom. The van der Waals surface area contributed by atoms with Gasteiger partial charge in [0.15, 0.2) is 5.78 Å². The van der Waals surface area contributed by atoms with E-state index in [0.717, 1.165) is 54.9 Å². The highest BCUT2D eigenvalue weighted by Gasteiger charge is 2.36. The molecule has 0 atom stereocenters. The third kappa shape index (κ3) is 4.48. The van der Waals surface area contributed by atoms with Crippen molar-refractivity contribution in [2.24, 2.45) is 0 Å². The molecule has 0 N–H and O–H groups in total. The number of hydrogen-bond acceptors (Lipinski definition) is 4. The van der Waals surface area contributed by atoms with Crippen LogP contribution in [0.25, 0.3) is 11.8 Å². The van der Waals surface area contributed by atoms with Crippen LogP contribution in [-0.4, -0.2) is 32.9 Å². The maximum atomic E-state index is 12.9. The van der Waals surface area contributed by atoms with Gasteiger partial charge in [0, 0.05) is 27.1 Å². The molecule has 0 saturated carbocycles. The molecule has 5 nitrogen and oxygen atoms in total. The topological polar surface area (TPSA) is 59.4 Å². The fourth-order valence-electron chi connectivity index (χ4n) is 4.02. The molecule has 3 aromatic rings. The van der Waals surface area contributed by atoms with Gasteiger partial charge in [0.05, 0.1) is 11.4 Å². The fraction of sp³-hybridized carbons (Fsp3) is 0.192. The predicted octanol–water partition coefficient (Wildman–Crippen LogP) is 6.39. The molecule has 1 aromatic heterocycles. The van der Waals surface area contributed by atoms with E-state index in [1.54, 1.807) is 30.3 Å². The summed E-state index contributed by atoms with van der Waals surface area (Å²) in [5.74, 6) is -0.701. The van der Waals surface area contributed by atoms with E-state index in [0.29, 0.717) is 10.5 Å². The summed E-state index contributed by atoms with van der Waals surface area (Å²) in [5.41, 5.74) is 6.67. The van der Waals surface area contributed by atoms with Crippen LogP contribution in [0, 0.1) is 27.7 Å². The quantitative estimate of drug-likeness (QED) is 0.287. The summed E-state index contributed by atoms with van der Waals surface area (Å²) in [6.07, 6.45) is 1.75. The lowest BCUT2D eigenvalue weighted by molar-refractivity contribution is -0.122. The highest BCUT2D eigenvalue weighted by atomic mass is 79.9. The average Bonchev–Trinajstić information content (AvgIpc) is 3.21. The number of carbonyl (C=O) groups excluding carboxylic acids is 3. The first-order chi connectivity index (χ1) is 15.7. The summed E-state index contributed by atoms with van der Waals surface area (Å²) in [6, 6.07) is 14.9. The first kappa shape index (κ1) is 23.3. The number of imide groups is 1. The second kappa shape index (κ2) is 9.15. The molecule has 0 radical (unpaired) electrons. The van der Waals surface area contributed by atoms with Gasteiger partial charge in [-0.15, -0.1) is 0 Å². The Morgan fingerprint density at radius 2 is 1.64 bits per heavy atom. The largest absolute Gasteiger partial charge is 0.318 e. The highest BCUT2D eigenvalue weighted by Crippen LogP contribution is 2.34. The first-order valence-electron chi connectivity index (χ1n) is 10.5. The van der Waals surface area contributed by atoms with Crippen LogP contribution in [0.3, 0.4) is 0 Å². The monoisotopic (exact) mass is 522 g/mol. The van der Waals surface area contributed by atoms with Crippen molar-refractivity contribution >= 4 is 50.7 Å². The van der Waals surface area contributed by atoms with Crippen LogP contribution in [-0.2, 0) is 4.79 Å². The Labute approximate surface area is 205 Å². The summed E-state index contributed by atoms with van der Waals surface area (Å²) in [4.78, 5) is 39.3. The van der Waals surface area contributed by atoms with E-state index in [9.17, 15) is 14.4 Å². The van der Waals surface area contributed by atoms with Crippen LogP contribution in [0.2, 0.25) is 0 Å². The maximum Gasteiger partial charge on any atom is 0.293 e. The van der Waals surface area contributed by atoms with Gasteiger partial charge in [-0.1, -0.05) is 46.3 Å². The molecule has 0 bridgehead atoms. The van der Waals surface area contributed by atoms with Gasteiger partial charge in [-0.2, -0.15) is 0 Å². The van der Waals surface area contributed by atoms with Crippen LogP contribution < -0.4 is 0 Å². The van der Waals surface area contributed by atoms with Crippen molar-refractivity contribution in [3.63, 3.8) is 0 Å². The summed E-state index contributed by atoms with van der Waals surface area (Å²) in [5, 5.41) is -0.427. The Bertz CT molecular complexity index is 1300. The zero-order valence-corrected chi connectivity index (χ0v) is 21.2. The smallest absolute Gasteiger partial charge is 0.293 e. The number of halogens is 1. The maximum absolute atomic E-state index is 12.9. The lowest BCUT2D eigenvalue weighted by Crippen LogP contribution is -2.33. The van der Waals surface area contributed by atoms with E-state index >= 15 is 0 Å². The van der Waals surface area contributed by atoms with Gasteiger partial charge in [0.25, 0.3) is 11.1 Å². The lowest BCUT2D eigenvalue weighted by Gasteiger charge is -2.13. The number of aromatic nitrogens is 1. The minimum atomic E-state index is -0.436. The summed E-state index contributed by atoms with van der Waals surface area (Å²) in [6.45, 7) is 7.86. The summed E-state index contributed by atoms with van der Waals surface area (Å²) >= 11 is 4.49. The van der Waals surface area contributed by atoms with E-state index in [4.69, 9.17) is 0 Å². The van der Waals surface area contributed by atoms with Gasteiger partial charge in [-0.25, -0.2) is 0 Å². The van der Waals surface area contributed by atoms with Gasteiger partial charge in [-0.3, -0.25) is 19.3 Å². The van der Waals surface area contributed by atoms with Crippen LogP contribution in [0.4, 0.5) is 4.79 Å². The second-order valence-electron chi connectivity index (χ2n) is 8.11. The molecule has 1 saturated heterocycles. The average molecular weight is 523 g/mol. The number of benzene rings is 2. The molecule has 2 heterocycles. The molecular formula is C26H23BrN2O3S. The van der Waals surface area contributed by atoms with E-state index in [-0.39, 0.29) is 12.3 Å². The number of hydrogen-bond donors (Lipinski definition) is 0. The van der Waals surface area contributed by atoms with Crippen LogP contribution in [0.15, 0.2) is 57.9 Å². The zero-order valence-electron chi connectivity index (χ0n) is 18.8. The summed E-state index contributed by atoms with van der Waals surface area (Å²) < 4.78 is 3.23. The van der Waals surface area contributed by atoms with Gasteiger partial charge in [0.2, 0.25) is 0 Å². The number of thioether (sulfide) groups is 1. The van der Waals surface area contributed by atoms with E-state index in [1.807, 2.05) is 26.0 Å². The molecule has 1 aliphatic heterocycles. The number of carbonyl (C=O) groups is 3. The van der Waals surface area contributed by atoms with Gasteiger partial charge in [0.1, 0.15) is 0 Å². The first-order valence-corrected chi connectivity index (χ1v) is 12.1. The van der Waals surface area contributed by atoms with Crippen LogP contribution >= 0.6 is 27.7 Å². The molecule has 33 heavy (non-hydrogen) atoms. The fourth-order valence-corrected chi connectivity index (χ4v) is 5.08. The third-order valence-corrected chi connectivity index (χ3v) is 7.87. The van der Waals surface area contributed by atoms with Gasteiger partial charge in [-0.05, 0) is 80.4 Å². The molecule has 4 rings (SSSR count). The SMILES string of the molecule is Cc1cc(-n2c(C)cc(/C=C3\SC(=O)N(CC(=O)c4ccccc4)C3=O)c2C)cc(C)c1Br. The Kier molecular flexibility index (Phi) is 6.45. The number of Topliss-reactive ketones (excluding diaryl/α,β-unsaturated/α-hetero) is 1. The molecule has 7 heteroatoms. The predicted molar refractivity (Wildman–Crippen MR) is 136 cm³/mol. The number of aryl methyl sites for hydroxylation is 3. The van der Waals surface area contributed by atoms with Crippen molar-refractivity contribution in [2.75, 3.05) is 6.54 Å². The second-order valence-corrected chi connectivity index (χ2v) is 9.90. The molecular weight excluding hydrogens is 500 g/mol. The molecule has 1 aliphatic rings. The van der Waals surface area contributed by atoms with Crippen molar-refractivity contribution in [1.82, 2.24) is 9.47 Å². The number of rotatable bonds is 5. The van der Waals surface area contributed by atoms with Crippen molar-refractivity contribution in [3.05, 3.63) is 91.6 Å². The zero-order chi connectivity index (χ0) is 23.9. The van der Waals surface area contributed by atoms with Crippen molar-refractivity contribution in [1.29, 1.82) is 0 Å². The Balaban J connectivity index is 1.62. The molecule has 2 aromatic carbocycles. The van der Waals surface area contributed by atoms with E-state index in [1.165, 1.54) is 0 Å². The highest BCUT2D eigenvalue weighted by molar-refractivity contribution is 9.10. The van der Waals surface area contributed by atoms with Crippen molar-refractivity contribution in [2.45, 2.75) is 27.7 Å². The standard InChI is InChI=1S/C26H23BrN2O3S/c1-15-10-21(11-16(2)24(15)27)29-17(3)12-20(18(29)4)13-23-25(31)28(26(32)33-23)14-22(30)19-8-6-5-7-9-19/h5-13H,14H2,1-4H3/b23-13-. The van der Waals surface area contributed by atoms with Crippen LogP contribution in [0.1, 0.15) is 38.4 Å². The molecule has 0 aliphatic carbocycles. The molecule has 1 fully saturated rings.